The fraction of sp³-hybridized carbons (Fsp3) is 0.423. The van der Waals surface area contributed by atoms with Crippen LogP contribution < -0.4 is 0 Å². The van der Waals surface area contributed by atoms with E-state index in [0.29, 0.717) is 18.4 Å². The zero-order chi connectivity index (χ0) is 21.4. The van der Waals surface area contributed by atoms with Gasteiger partial charge < -0.3 is 9.80 Å². The molecular formula is C26H29N3O2. The summed E-state index contributed by atoms with van der Waals surface area (Å²) in [5.74, 6) is 1.05. The third-order valence-corrected chi connectivity index (χ3v) is 6.77. The minimum absolute atomic E-state index is 0.0726. The highest BCUT2D eigenvalue weighted by Gasteiger charge is 2.37. The molecule has 1 saturated carbocycles. The summed E-state index contributed by atoms with van der Waals surface area (Å²) in [7, 11) is 0. The summed E-state index contributed by atoms with van der Waals surface area (Å²) in [6.07, 6.45) is 5.01. The molecule has 0 radical (unpaired) electrons. The molecule has 3 aliphatic rings. The van der Waals surface area contributed by atoms with Crippen LogP contribution in [0.15, 0.2) is 47.5 Å². The average Bonchev–Trinajstić information content (AvgIpc) is 3.37. The summed E-state index contributed by atoms with van der Waals surface area (Å²) in [6.45, 7) is 5.80. The van der Waals surface area contributed by atoms with Crippen molar-refractivity contribution in [3.63, 3.8) is 0 Å². The summed E-state index contributed by atoms with van der Waals surface area (Å²) in [5, 5.41) is 0. The minimum Gasteiger partial charge on any atom is -0.342 e. The summed E-state index contributed by atoms with van der Waals surface area (Å²) in [5.41, 5.74) is 5.43. The predicted octanol–water partition coefficient (Wildman–Crippen LogP) is 4.01. The van der Waals surface area contributed by atoms with E-state index in [9.17, 15) is 9.59 Å². The third kappa shape index (κ3) is 4.14. The number of rotatable bonds is 6. The molecule has 2 aromatic carbocycles. The molecule has 0 bridgehead atoms. The zero-order valence-corrected chi connectivity index (χ0v) is 18.1. The second-order valence-electron chi connectivity index (χ2n) is 9.02. The quantitative estimate of drug-likeness (QED) is 0.716. The van der Waals surface area contributed by atoms with Crippen LogP contribution >= 0.6 is 0 Å². The van der Waals surface area contributed by atoms with Crippen LogP contribution in [0, 0.1) is 11.8 Å². The lowest BCUT2D eigenvalue weighted by atomic mass is 9.99. The Hall–Kier alpha value is -2.95. The molecule has 5 rings (SSSR count). The van der Waals surface area contributed by atoms with Crippen LogP contribution in [0.25, 0.3) is 11.1 Å². The first-order valence-corrected chi connectivity index (χ1v) is 11.4. The Morgan fingerprint density at radius 1 is 1.06 bits per heavy atom. The van der Waals surface area contributed by atoms with Crippen LogP contribution in [0.3, 0.4) is 0 Å². The Bertz CT molecular complexity index is 1020. The molecule has 2 heterocycles. The van der Waals surface area contributed by atoms with Crippen molar-refractivity contribution < 1.29 is 9.59 Å². The number of hydrogen-bond acceptors (Lipinski definition) is 3. The van der Waals surface area contributed by atoms with Crippen LogP contribution in [0.4, 0.5) is 0 Å². The Morgan fingerprint density at radius 3 is 2.58 bits per heavy atom. The highest BCUT2D eigenvalue weighted by Crippen LogP contribution is 2.33. The van der Waals surface area contributed by atoms with E-state index in [2.05, 4.69) is 23.2 Å². The van der Waals surface area contributed by atoms with Crippen molar-refractivity contribution in [2.24, 2.45) is 16.8 Å². The van der Waals surface area contributed by atoms with Crippen molar-refractivity contribution in [1.82, 2.24) is 9.80 Å². The van der Waals surface area contributed by atoms with E-state index in [1.165, 1.54) is 11.1 Å². The molecule has 5 nitrogen and oxygen atoms in total. The highest BCUT2D eigenvalue weighted by molar-refractivity contribution is 5.95. The first-order valence-electron chi connectivity index (χ1n) is 11.4. The van der Waals surface area contributed by atoms with Crippen LogP contribution in [-0.2, 0) is 11.3 Å². The topological polar surface area (TPSA) is 53.0 Å². The smallest absolute Gasteiger partial charge is 0.253 e. The van der Waals surface area contributed by atoms with Gasteiger partial charge in [-0.15, -0.1) is 0 Å². The second-order valence-corrected chi connectivity index (χ2v) is 9.02. The minimum atomic E-state index is 0.0726. The number of carbonyl (C=O) groups excluding carboxylic acids is 2. The van der Waals surface area contributed by atoms with Gasteiger partial charge in [-0.05, 0) is 72.6 Å². The van der Waals surface area contributed by atoms with Crippen LogP contribution in [0.5, 0.6) is 0 Å². The van der Waals surface area contributed by atoms with E-state index >= 15 is 0 Å². The van der Waals surface area contributed by atoms with E-state index in [0.717, 1.165) is 62.1 Å². The standard InChI is InChI=1S/C26H29N3O2/c1-2-28(16-18-11-12-29(17-18)26(31)21-7-8-21)25(30)20-5-3-19(4-6-20)22-9-10-23-14-27-15-24(23)13-22/h3-6,9-10,13-14,18,21H,2,7-8,11-12,15-17H2,1H3/t18-/m0/s1. The third-order valence-electron chi connectivity index (χ3n) is 6.77. The van der Waals surface area contributed by atoms with E-state index in [-0.39, 0.29) is 11.8 Å². The number of aliphatic imine (C=N–C) groups is 1. The molecule has 2 amide bonds. The number of likely N-dealkylation sites (tertiary alicyclic amines) is 1. The highest BCUT2D eigenvalue weighted by atomic mass is 16.2. The zero-order valence-electron chi connectivity index (χ0n) is 18.1. The maximum absolute atomic E-state index is 13.1. The largest absolute Gasteiger partial charge is 0.342 e. The van der Waals surface area contributed by atoms with E-state index in [1.807, 2.05) is 47.2 Å². The molecular weight excluding hydrogens is 386 g/mol. The molecule has 2 fully saturated rings. The van der Waals surface area contributed by atoms with E-state index < -0.39 is 0 Å². The summed E-state index contributed by atoms with van der Waals surface area (Å²) < 4.78 is 0. The number of nitrogens with zero attached hydrogens (tertiary/aromatic N) is 3. The Kier molecular flexibility index (Phi) is 5.34. The average molecular weight is 416 g/mol. The Balaban J connectivity index is 1.23. The van der Waals surface area contributed by atoms with Gasteiger partial charge in [0.25, 0.3) is 5.91 Å². The normalized spacial score (nSPS) is 19.5. The molecule has 0 aromatic heterocycles. The lowest BCUT2D eigenvalue weighted by molar-refractivity contribution is -0.131. The van der Waals surface area contributed by atoms with Gasteiger partial charge in [0, 0.05) is 43.9 Å². The summed E-state index contributed by atoms with van der Waals surface area (Å²) in [6, 6.07) is 14.3. The van der Waals surface area contributed by atoms with Crippen LogP contribution in [-0.4, -0.2) is 54.0 Å². The number of amides is 2. The van der Waals surface area contributed by atoms with Crippen molar-refractivity contribution >= 4 is 18.0 Å². The lowest BCUT2D eigenvalue weighted by Gasteiger charge is -2.25. The number of benzene rings is 2. The summed E-state index contributed by atoms with van der Waals surface area (Å²) >= 11 is 0. The van der Waals surface area contributed by atoms with Crippen molar-refractivity contribution in [2.45, 2.75) is 32.7 Å². The molecule has 5 heteroatoms. The van der Waals surface area contributed by atoms with E-state index in [1.54, 1.807) is 0 Å². The predicted molar refractivity (Wildman–Crippen MR) is 122 cm³/mol. The molecule has 1 atom stereocenters. The number of carbonyl (C=O) groups is 2. The monoisotopic (exact) mass is 415 g/mol. The molecule has 1 aliphatic carbocycles. The first kappa shape index (κ1) is 20.0. The molecule has 1 saturated heterocycles. The summed E-state index contributed by atoms with van der Waals surface area (Å²) in [4.78, 5) is 33.7. The van der Waals surface area contributed by atoms with Crippen LogP contribution in [0.1, 0.15) is 47.7 Å². The fourth-order valence-corrected chi connectivity index (χ4v) is 4.72. The van der Waals surface area contributed by atoms with Crippen molar-refractivity contribution in [3.8, 4) is 11.1 Å². The molecule has 0 N–H and O–H groups in total. The Morgan fingerprint density at radius 2 is 1.84 bits per heavy atom. The molecule has 31 heavy (non-hydrogen) atoms. The maximum atomic E-state index is 13.1. The molecule has 2 aliphatic heterocycles. The molecule has 0 unspecified atom stereocenters. The lowest BCUT2D eigenvalue weighted by Crippen LogP contribution is -2.37. The molecule has 160 valence electrons. The van der Waals surface area contributed by atoms with Gasteiger partial charge in [0.05, 0.1) is 6.54 Å². The van der Waals surface area contributed by atoms with Gasteiger partial charge >= 0.3 is 0 Å². The van der Waals surface area contributed by atoms with Crippen molar-refractivity contribution in [2.75, 3.05) is 26.2 Å². The SMILES string of the molecule is CCN(C[C@@H]1CCN(C(=O)C2CC2)C1)C(=O)c1ccc(-c2ccc3c(c2)CN=C3)cc1. The van der Waals surface area contributed by atoms with E-state index in [4.69, 9.17) is 0 Å². The first-order chi connectivity index (χ1) is 15.1. The van der Waals surface area contributed by atoms with Gasteiger partial charge in [0.15, 0.2) is 0 Å². The number of hydrogen-bond donors (Lipinski definition) is 0. The van der Waals surface area contributed by atoms with Gasteiger partial charge in [-0.1, -0.05) is 24.3 Å². The van der Waals surface area contributed by atoms with Crippen LogP contribution in [0.2, 0.25) is 0 Å². The van der Waals surface area contributed by atoms with Gasteiger partial charge in [-0.2, -0.15) is 0 Å². The second kappa shape index (κ2) is 8.29. The fourth-order valence-electron chi connectivity index (χ4n) is 4.72. The van der Waals surface area contributed by atoms with Crippen molar-refractivity contribution in [3.05, 3.63) is 59.2 Å². The van der Waals surface area contributed by atoms with Gasteiger partial charge in [0.1, 0.15) is 0 Å². The van der Waals surface area contributed by atoms with Gasteiger partial charge in [-0.3, -0.25) is 14.6 Å². The van der Waals surface area contributed by atoms with Gasteiger partial charge in [0.2, 0.25) is 5.91 Å². The number of fused-ring (bicyclic) bond motifs is 1. The van der Waals surface area contributed by atoms with Crippen molar-refractivity contribution in [1.29, 1.82) is 0 Å². The molecule has 2 aromatic rings. The molecule has 0 spiro atoms. The Labute approximate surface area is 183 Å². The maximum Gasteiger partial charge on any atom is 0.253 e. The van der Waals surface area contributed by atoms with Gasteiger partial charge in [-0.25, -0.2) is 0 Å².